The van der Waals surface area contributed by atoms with Crippen LogP contribution in [0.3, 0.4) is 0 Å². The fourth-order valence-corrected chi connectivity index (χ4v) is 2.38. The molecule has 1 unspecified atom stereocenters. The van der Waals surface area contributed by atoms with Crippen molar-refractivity contribution in [2.24, 2.45) is 0 Å². The van der Waals surface area contributed by atoms with E-state index in [0.717, 1.165) is 4.90 Å². The van der Waals surface area contributed by atoms with Gasteiger partial charge in [-0.05, 0) is 32.4 Å². The molecule has 1 aromatic carbocycles. The van der Waals surface area contributed by atoms with Crippen LogP contribution in [0.1, 0.15) is 53.1 Å². The van der Waals surface area contributed by atoms with Crippen LogP contribution < -0.4 is 0 Å². The fourth-order valence-electron chi connectivity index (χ4n) is 2.38. The molecule has 1 aliphatic heterocycles. The molecule has 0 saturated carbocycles. The van der Waals surface area contributed by atoms with Crippen LogP contribution in [-0.2, 0) is 9.47 Å². The van der Waals surface area contributed by atoms with E-state index in [1.54, 1.807) is 32.9 Å². The van der Waals surface area contributed by atoms with Crippen LogP contribution in [0.25, 0.3) is 0 Å². The first-order chi connectivity index (χ1) is 10.3. The third kappa shape index (κ3) is 3.01. The van der Waals surface area contributed by atoms with Gasteiger partial charge in [0.2, 0.25) is 0 Å². The van der Waals surface area contributed by atoms with Crippen molar-refractivity contribution in [3.63, 3.8) is 0 Å². The van der Waals surface area contributed by atoms with Gasteiger partial charge in [0.15, 0.2) is 0 Å². The Bertz CT molecular complexity index is 617. The molecule has 0 aliphatic carbocycles. The van der Waals surface area contributed by atoms with Crippen molar-refractivity contribution in [1.29, 1.82) is 0 Å². The molecule has 0 bridgehead atoms. The molecule has 1 atom stereocenters. The molecule has 6 nitrogen and oxygen atoms in total. The van der Waals surface area contributed by atoms with E-state index >= 15 is 0 Å². The Hall–Kier alpha value is -2.21. The van der Waals surface area contributed by atoms with Crippen molar-refractivity contribution >= 4 is 18.3 Å². The maximum absolute atomic E-state index is 12.5. The predicted molar refractivity (Wildman–Crippen MR) is 78.9 cm³/mol. The summed E-state index contributed by atoms with van der Waals surface area (Å²) in [5.74, 6) is -0.477. The highest BCUT2D eigenvalue weighted by Crippen LogP contribution is 2.35. The summed E-state index contributed by atoms with van der Waals surface area (Å²) in [5, 5.41) is 0. The Morgan fingerprint density at radius 3 is 2.59 bits per heavy atom. The average molecular weight is 305 g/mol. The summed E-state index contributed by atoms with van der Waals surface area (Å²) in [6.45, 7) is 5.36. The van der Waals surface area contributed by atoms with Crippen LogP contribution in [0, 0.1) is 0 Å². The van der Waals surface area contributed by atoms with Gasteiger partial charge in [-0.15, -0.1) is 0 Å². The standard InChI is InChI=1S/C16H19NO5/c1-16(2,3)22-15(20)17-13(9-21-4)11-6-5-10(8-18)7-12(11)14(17)19/h5-8,13H,9H2,1-4H3. The molecule has 0 spiro atoms. The fraction of sp³-hybridized carbons (Fsp3) is 0.438. The van der Waals surface area contributed by atoms with E-state index in [2.05, 4.69) is 0 Å². The Kier molecular flexibility index (Phi) is 4.32. The number of fused-ring (bicyclic) bond motifs is 1. The lowest BCUT2D eigenvalue weighted by atomic mass is 10.0. The quantitative estimate of drug-likeness (QED) is 0.802. The number of hydrogen-bond donors (Lipinski definition) is 0. The van der Waals surface area contributed by atoms with Crippen molar-refractivity contribution in [2.75, 3.05) is 13.7 Å². The van der Waals surface area contributed by atoms with E-state index in [0.29, 0.717) is 23.0 Å². The number of methoxy groups -OCH3 is 1. The normalized spacial score (nSPS) is 17.4. The van der Waals surface area contributed by atoms with Crippen LogP contribution >= 0.6 is 0 Å². The Morgan fingerprint density at radius 2 is 2.05 bits per heavy atom. The highest BCUT2D eigenvalue weighted by atomic mass is 16.6. The number of amides is 2. The van der Waals surface area contributed by atoms with E-state index in [1.165, 1.54) is 13.2 Å². The number of carbonyl (C=O) groups is 3. The molecule has 118 valence electrons. The van der Waals surface area contributed by atoms with Gasteiger partial charge in [-0.2, -0.15) is 0 Å². The number of aldehydes is 1. The van der Waals surface area contributed by atoms with Crippen molar-refractivity contribution < 1.29 is 23.9 Å². The Balaban J connectivity index is 2.41. The minimum absolute atomic E-state index is 0.165. The average Bonchev–Trinajstić information content (AvgIpc) is 2.70. The van der Waals surface area contributed by atoms with E-state index in [9.17, 15) is 14.4 Å². The molecule has 0 fully saturated rings. The van der Waals surface area contributed by atoms with Crippen LogP contribution in [-0.4, -0.2) is 42.5 Å². The number of rotatable bonds is 3. The topological polar surface area (TPSA) is 72.9 Å². The number of ether oxygens (including phenoxy) is 2. The second kappa shape index (κ2) is 5.88. The minimum Gasteiger partial charge on any atom is -0.443 e. The smallest absolute Gasteiger partial charge is 0.417 e. The van der Waals surface area contributed by atoms with Crippen molar-refractivity contribution in [3.8, 4) is 0 Å². The second-order valence-corrected chi connectivity index (χ2v) is 6.09. The molecule has 1 aliphatic rings. The molecular weight excluding hydrogens is 286 g/mol. The molecule has 22 heavy (non-hydrogen) atoms. The molecular formula is C16H19NO5. The maximum Gasteiger partial charge on any atom is 0.417 e. The van der Waals surface area contributed by atoms with Crippen LogP contribution in [0.15, 0.2) is 18.2 Å². The lowest BCUT2D eigenvalue weighted by molar-refractivity contribution is 0.0112. The summed E-state index contributed by atoms with van der Waals surface area (Å²) in [5.41, 5.74) is 0.660. The highest BCUT2D eigenvalue weighted by Gasteiger charge is 2.42. The van der Waals surface area contributed by atoms with Crippen molar-refractivity contribution in [3.05, 3.63) is 34.9 Å². The molecule has 0 aromatic heterocycles. The first-order valence-electron chi connectivity index (χ1n) is 6.93. The Labute approximate surface area is 129 Å². The molecule has 1 heterocycles. The lowest BCUT2D eigenvalue weighted by Crippen LogP contribution is -2.40. The first kappa shape index (κ1) is 16.2. The zero-order chi connectivity index (χ0) is 16.5. The van der Waals surface area contributed by atoms with Gasteiger partial charge in [-0.25, -0.2) is 9.69 Å². The number of imide groups is 1. The summed E-state index contributed by atoms with van der Waals surface area (Å²) in [6.07, 6.45) is -0.0573. The largest absolute Gasteiger partial charge is 0.443 e. The van der Waals surface area contributed by atoms with Gasteiger partial charge >= 0.3 is 6.09 Å². The Morgan fingerprint density at radius 1 is 1.36 bits per heavy atom. The summed E-state index contributed by atoms with van der Waals surface area (Å²) in [4.78, 5) is 36.8. The second-order valence-electron chi connectivity index (χ2n) is 6.09. The van der Waals surface area contributed by atoms with Gasteiger partial charge in [-0.1, -0.05) is 12.1 Å². The van der Waals surface area contributed by atoms with Crippen LogP contribution in [0.2, 0.25) is 0 Å². The molecule has 0 saturated heterocycles. The molecule has 0 radical (unpaired) electrons. The third-order valence-corrected chi connectivity index (χ3v) is 3.25. The summed E-state index contributed by atoms with van der Waals surface area (Å²) in [6, 6.07) is 4.21. The number of carbonyl (C=O) groups excluding carboxylic acids is 3. The number of hydrogen-bond acceptors (Lipinski definition) is 5. The predicted octanol–water partition coefficient (Wildman–Crippen LogP) is 2.58. The third-order valence-electron chi connectivity index (χ3n) is 3.25. The van der Waals surface area contributed by atoms with E-state index in [4.69, 9.17) is 9.47 Å². The zero-order valence-corrected chi connectivity index (χ0v) is 13.1. The SMILES string of the molecule is COCC1c2ccc(C=O)cc2C(=O)N1C(=O)OC(C)(C)C. The van der Waals surface area contributed by atoms with Gasteiger partial charge in [0, 0.05) is 18.2 Å². The van der Waals surface area contributed by atoms with Gasteiger partial charge in [-0.3, -0.25) is 9.59 Å². The minimum atomic E-state index is -0.719. The van der Waals surface area contributed by atoms with Gasteiger partial charge in [0.1, 0.15) is 11.9 Å². The first-order valence-corrected chi connectivity index (χ1v) is 6.93. The van der Waals surface area contributed by atoms with E-state index < -0.39 is 23.6 Å². The van der Waals surface area contributed by atoms with Gasteiger partial charge in [0.05, 0.1) is 12.6 Å². The molecule has 0 N–H and O–H groups in total. The van der Waals surface area contributed by atoms with Crippen molar-refractivity contribution in [1.82, 2.24) is 4.90 Å². The van der Waals surface area contributed by atoms with Gasteiger partial charge < -0.3 is 9.47 Å². The van der Waals surface area contributed by atoms with Crippen molar-refractivity contribution in [2.45, 2.75) is 32.4 Å². The van der Waals surface area contributed by atoms with Gasteiger partial charge in [0.25, 0.3) is 5.91 Å². The summed E-state index contributed by atoms with van der Waals surface area (Å²) >= 11 is 0. The zero-order valence-electron chi connectivity index (χ0n) is 13.1. The summed E-state index contributed by atoms with van der Waals surface area (Å²) in [7, 11) is 1.50. The molecule has 6 heteroatoms. The lowest BCUT2D eigenvalue weighted by Gasteiger charge is -2.27. The van der Waals surface area contributed by atoms with E-state index in [1.807, 2.05) is 0 Å². The highest BCUT2D eigenvalue weighted by molar-refractivity contribution is 6.08. The monoisotopic (exact) mass is 305 g/mol. The molecule has 2 amide bonds. The summed E-state index contributed by atoms with van der Waals surface area (Å²) < 4.78 is 10.4. The maximum atomic E-state index is 12.5. The number of nitrogens with zero attached hydrogens (tertiary/aromatic N) is 1. The number of benzene rings is 1. The van der Waals surface area contributed by atoms with Crippen LogP contribution in [0.4, 0.5) is 4.79 Å². The van der Waals surface area contributed by atoms with E-state index in [-0.39, 0.29) is 6.61 Å². The molecule has 2 rings (SSSR count). The van der Waals surface area contributed by atoms with Crippen LogP contribution in [0.5, 0.6) is 0 Å². The molecule has 1 aromatic rings.